The molecular weight excluding hydrogens is 374 g/mol. The molecule has 8 heteroatoms. The molecule has 0 spiro atoms. The molecule has 0 saturated heterocycles. The largest absolute Gasteiger partial charge is 0.379 e. The van der Waals surface area contributed by atoms with Crippen molar-refractivity contribution in [2.75, 3.05) is 6.61 Å². The number of carbonyl (C=O) groups is 1. The van der Waals surface area contributed by atoms with Crippen LogP contribution in [-0.2, 0) is 18.3 Å². The topological polar surface area (TPSA) is 87.4 Å². The maximum atomic E-state index is 11.3. The molecule has 1 aromatic carbocycles. The molecule has 0 saturated carbocycles. The number of nitrogens with two attached hydrogens (primary N) is 1. The fraction of sp³-hybridized carbons (Fsp3) is 0.350. The number of aryl methyl sites for hydroxylation is 1. The molecule has 2 aromatic heterocycles. The Kier molecular flexibility index (Phi) is 6.43. The van der Waals surface area contributed by atoms with Crippen molar-refractivity contribution in [1.29, 1.82) is 0 Å². The molecule has 0 aliphatic rings. The molecule has 3 rings (SSSR count). The number of hydrogen-bond acceptors (Lipinski definition) is 5. The standard InChI is InChI=1S/C20H25N5O2S/c1-14(2)27-10-4-9-25-18(16-11-22-24(3)12-16)13-28-20(25)23-17-7-5-15(6-8-17)19(21)26/h5-8,11-14H,4,9-10H2,1-3H3,(H2,21,26). The molecule has 0 bridgehead atoms. The van der Waals surface area contributed by atoms with E-state index in [0.29, 0.717) is 12.2 Å². The average Bonchev–Trinajstić information content (AvgIpc) is 3.25. The second kappa shape index (κ2) is 8.99. The Labute approximate surface area is 168 Å². The zero-order chi connectivity index (χ0) is 20.1. The molecule has 0 unspecified atom stereocenters. The fourth-order valence-electron chi connectivity index (χ4n) is 2.77. The number of ether oxygens (including phenoxy) is 1. The van der Waals surface area contributed by atoms with Gasteiger partial charge < -0.3 is 15.0 Å². The number of rotatable bonds is 8. The van der Waals surface area contributed by atoms with Crippen LogP contribution in [0, 0.1) is 0 Å². The summed E-state index contributed by atoms with van der Waals surface area (Å²) in [6.45, 7) is 5.56. The number of carbonyl (C=O) groups excluding carboxylic acids is 1. The highest BCUT2D eigenvalue weighted by molar-refractivity contribution is 7.07. The predicted octanol–water partition coefficient (Wildman–Crippen LogP) is 3.10. The van der Waals surface area contributed by atoms with Gasteiger partial charge >= 0.3 is 0 Å². The number of benzene rings is 1. The maximum Gasteiger partial charge on any atom is 0.248 e. The van der Waals surface area contributed by atoms with Crippen LogP contribution >= 0.6 is 11.3 Å². The van der Waals surface area contributed by atoms with Gasteiger partial charge in [-0.25, -0.2) is 4.99 Å². The van der Waals surface area contributed by atoms with E-state index in [1.807, 2.05) is 33.3 Å². The number of thiazole rings is 1. The molecule has 148 valence electrons. The van der Waals surface area contributed by atoms with E-state index >= 15 is 0 Å². The molecule has 2 N–H and O–H groups in total. The van der Waals surface area contributed by atoms with Gasteiger partial charge in [0.2, 0.25) is 5.91 Å². The minimum absolute atomic E-state index is 0.221. The van der Waals surface area contributed by atoms with Crippen LogP contribution in [0.3, 0.4) is 0 Å². The normalized spacial score (nSPS) is 12.1. The Bertz CT molecular complexity index is 998. The second-order valence-electron chi connectivity index (χ2n) is 6.75. The molecule has 0 atom stereocenters. The van der Waals surface area contributed by atoms with Crippen molar-refractivity contribution in [2.24, 2.45) is 17.8 Å². The van der Waals surface area contributed by atoms with E-state index in [-0.39, 0.29) is 6.10 Å². The lowest BCUT2D eigenvalue weighted by atomic mass is 10.2. The first kappa shape index (κ1) is 20.0. The molecule has 28 heavy (non-hydrogen) atoms. The summed E-state index contributed by atoms with van der Waals surface area (Å²) in [4.78, 5) is 16.9. The van der Waals surface area contributed by atoms with Gasteiger partial charge in [-0.1, -0.05) is 0 Å². The predicted molar refractivity (Wildman–Crippen MR) is 110 cm³/mol. The van der Waals surface area contributed by atoms with Crippen molar-refractivity contribution >= 4 is 22.9 Å². The summed E-state index contributed by atoms with van der Waals surface area (Å²) < 4.78 is 9.66. The van der Waals surface area contributed by atoms with E-state index < -0.39 is 5.91 Å². The third kappa shape index (κ3) is 4.96. The molecule has 7 nitrogen and oxygen atoms in total. The lowest BCUT2D eigenvalue weighted by molar-refractivity contribution is 0.0748. The van der Waals surface area contributed by atoms with Gasteiger partial charge in [0, 0.05) is 42.9 Å². The van der Waals surface area contributed by atoms with Gasteiger partial charge in [-0.2, -0.15) is 5.10 Å². The van der Waals surface area contributed by atoms with Gasteiger partial charge in [-0.3, -0.25) is 9.48 Å². The Balaban J connectivity index is 1.92. The minimum atomic E-state index is -0.443. The first-order valence-corrected chi connectivity index (χ1v) is 10.1. The van der Waals surface area contributed by atoms with Crippen LogP contribution in [0.1, 0.15) is 30.6 Å². The number of amides is 1. The summed E-state index contributed by atoms with van der Waals surface area (Å²) in [6.07, 6.45) is 4.96. The third-order valence-corrected chi connectivity index (χ3v) is 5.02. The van der Waals surface area contributed by atoms with Gasteiger partial charge in [-0.15, -0.1) is 11.3 Å². The molecule has 0 radical (unpaired) electrons. The highest BCUT2D eigenvalue weighted by atomic mass is 32.1. The highest BCUT2D eigenvalue weighted by Gasteiger charge is 2.10. The quantitative estimate of drug-likeness (QED) is 0.591. The molecule has 0 aliphatic carbocycles. The smallest absolute Gasteiger partial charge is 0.248 e. The number of hydrogen-bond donors (Lipinski definition) is 1. The van der Waals surface area contributed by atoms with E-state index in [1.54, 1.807) is 40.3 Å². The van der Waals surface area contributed by atoms with Gasteiger partial charge in [0.15, 0.2) is 4.80 Å². The summed E-state index contributed by atoms with van der Waals surface area (Å²) in [7, 11) is 1.91. The molecule has 0 fully saturated rings. The SMILES string of the molecule is CC(C)OCCCn1c(-c2cnn(C)c2)csc1=Nc1ccc(C(N)=O)cc1. The molecule has 0 aliphatic heterocycles. The summed E-state index contributed by atoms with van der Waals surface area (Å²) >= 11 is 1.58. The molecule has 3 aromatic rings. The Morgan fingerprint density at radius 1 is 1.32 bits per heavy atom. The van der Waals surface area contributed by atoms with Crippen molar-refractivity contribution in [3.8, 4) is 11.3 Å². The first-order chi connectivity index (χ1) is 13.4. The number of primary amides is 1. The Morgan fingerprint density at radius 2 is 2.07 bits per heavy atom. The molecule has 2 heterocycles. The zero-order valence-corrected chi connectivity index (χ0v) is 17.1. The van der Waals surface area contributed by atoms with E-state index in [0.717, 1.165) is 34.7 Å². The van der Waals surface area contributed by atoms with Crippen LogP contribution in [0.25, 0.3) is 11.3 Å². The Morgan fingerprint density at radius 3 is 2.68 bits per heavy atom. The average molecular weight is 400 g/mol. The molecule has 1 amide bonds. The van der Waals surface area contributed by atoms with Gasteiger partial charge in [0.25, 0.3) is 0 Å². The van der Waals surface area contributed by atoms with E-state index in [9.17, 15) is 4.79 Å². The van der Waals surface area contributed by atoms with Gasteiger partial charge in [0.1, 0.15) is 0 Å². The monoisotopic (exact) mass is 399 g/mol. The number of aromatic nitrogens is 3. The van der Waals surface area contributed by atoms with E-state index in [1.165, 1.54) is 0 Å². The van der Waals surface area contributed by atoms with Crippen molar-refractivity contribution < 1.29 is 9.53 Å². The minimum Gasteiger partial charge on any atom is -0.379 e. The maximum absolute atomic E-state index is 11.3. The van der Waals surface area contributed by atoms with Crippen LogP contribution in [0.5, 0.6) is 0 Å². The summed E-state index contributed by atoms with van der Waals surface area (Å²) in [5, 5.41) is 6.38. The van der Waals surface area contributed by atoms with Crippen molar-refractivity contribution in [3.05, 3.63) is 52.4 Å². The first-order valence-electron chi connectivity index (χ1n) is 9.17. The second-order valence-corrected chi connectivity index (χ2v) is 7.59. The van der Waals surface area contributed by atoms with Crippen LogP contribution in [0.2, 0.25) is 0 Å². The van der Waals surface area contributed by atoms with Crippen LogP contribution in [0.15, 0.2) is 47.0 Å². The van der Waals surface area contributed by atoms with Gasteiger partial charge in [0.05, 0.1) is 23.7 Å². The third-order valence-electron chi connectivity index (χ3n) is 4.15. The summed E-state index contributed by atoms with van der Waals surface area (Å²) in [5.74, 6) is -0.443. The van der Waals surface area contributed by atoms with Crippen LogP contribution in [0.4, 0.5) is 5.69 Å². The van der Waals surface area contributed by atoms with Gasteiger partial charge in [-0.05, 0) is 44.5 Å². The summed E-state index contributed by atoms with van der Waals surface area (Å²) in [6, 6.07) is 6.99. The van der Waals surface area contributed by atoms with Crippen molar-refractivity contribution in [1.82, 2.24) is 14.3 Å². The molecular formula is C20H25N5O2S. The lowest BCUT2D eigenvalue weighted by Gasteiger charge is -2.10. The highest BCUT2D eigenvalue weighted by Crippen LogP contribution is 2.21. The Hall–Kier alpha value is -2.71. The lowest BCUT2D eigenvalue weighted by Crippen LogP contribution is -2.17. The van der Waals surface area contributed by atoms with Crippen LogP contribution < -0.4 is 10.5 Å². The fourth-order valence-corrected chi connectivity index (χ4v) is 3.73. The van der Waals surface area contributed by atoms with Crippen LogP contribution in [-0.4, -0.2) is 33.0 Å². The number of nitrogens with zero attached hydrogens (tertiary/aromatic N) is 4. The zero-order valence-electron chi connectivity index (χ0n) is 16.3. The van der Waals surface area contributed by atoms with E-state index in [4.69, 9.17) is 15.5 Å². The van der Waals surface area contributed by atoms with E-state index in [2.05, 4.69) is 15.0 Å². The summed E-state index contributed by atoms with van der Waals surface area (Å²) in [5.41, 5.74) is 8.68. The van der Waals surface area contributed by atoms with Crippen molar-refractivity contribution in [2.45, 2.75) is 32.9 Å². The van der Waals surface area contributed by atoms with Crippen molar-refractivity contribution in [3.63, 3.8) is 0 Å².